The molecule has 1 aliphatic rings. The molecule has 7 nitrogen and oxygen atoms in total. The highest BCUT2D eigenvalue weighted by atomic mass is 19.4. The third kappa shape index (κ3) is 3.34. The second-order valence-electron chi connectivity index (χ2n) is 6.76. The fourth-order valence-electron chi connectivity index (χ4n) is 3.22. The third-order valence-electron chi connectivity index (χ3n) is 4.69. The summed E-state index contributed by atoms with van der Waals surface area (Å²) < 4.78 is 47.1. The van der Waals surface area contributed by atoms with Gasteiger partial charge in [0.05, 0.1) is 18.4 Å². The van der Waals surface area contributed by atoms with Gasteiger partial charge in [0.2, 0.25) is 0 Å². The van der Waals surface area contributed by atoms with Gasteiger partial charge in [0.25, 0.3) is 17.5 Å². The van der Waals surface area contributed by atoms with E-state index in [2.05, 4.69) is 0 Å². The first-order valence-corrected chi connectivity index (χ1v) is 8.78. The molecule has 1 fully saturated rings. The molecule has 1 heterocycles. The largest absolute Gasteiger partial charge is 0.496 e. The van der Waals surface area contributed by atoms with E-state index >= 15 is 0 Å². The lowest BCUT2D eigenvalue weighted by Gasteiger charge is -2.30. The molecule has 30 heavy (non-hydrogen) atoms. The first kappa shape index (κ1) is 21.2. The van der Waals surface area contributed by atoms with Crippen molar-refractivity contribution in [3.8, 4) is 5.75 Å². The number of rotatable bonds is 4. The molecule has 0 bridgehead atoms. The number of imide groups is 1. The van der Waals surface area contributed by atoms with Gasteiger partial charge in [0.15, 0.2) is 0 Å². The van der Waals surface area contributed by atoms with Gasteiger partial charge >= 0.3 is 12.2 Å². The van der Waals surface area contributed by atoms with Gasteiger partial charge in [-0.05, 0) is 37.6 Å². The van der Waals surface area contributed by atoms with Gasteiger partial charge in [-0.25, -0.2) is 9.69 Å². The molecule has 0 unspecified atom stereocenters. The van der Waals surface area contributed by atoms with Crippen LogP contribution in [0.3, 0.4) is 0 Å². The number of methoxy groups -OCH3 is 1. The molecular formula is C20H18F3N3O4. The minimum atomic E-state index is -5.31. The van der Waals surface area contributed by atoms with E-state index in [0.29, 0.717) is 10.5 Å². The molecule has 0 aliphatic carbocycles. The summed E-state index contributed by atoms with van der Waals surface area (Å²) in [6.45, 7) is 3.32. The van der Waals surface area contributed by atoms with E-state index in [1.807, 2.05) is 0 Å². The molecule has 4 amide bonds. The Bertz CT molecular complexity index is 1040. The molecular weight excluding hydrogens is 403 g/mol. The van der Waals surface area contributed by atoms with Crippen molar-refractivity contribution in [3.05, 3.63) is 59.2 Å². The van der Waals surface area contributed by atoms with Crippen molar-refractivity contribution in [3.63, 3.8) is 0 Å². The first-order chi connectivity index (χ1) is 14.0. The van der Waals surface area contributed by atoms with E-state index in [1.54, 1.807) is 36.6 Å². The Morgan fingerprint density at radius 2 is 1.80 bits per heavy atom. The number of anilines is 1. The highest BCUT2D eigenvalue weighted by Crippen LogP contribution is 2.37. The quantitative estimate of drug-likeness (QED) is 0.743. The summed E-state index contributed by atoms with van der Waals surface area (Å²) in [4.78, 5) is 38.4. The Kier molecular flexibility index (Phi) is 5.19. The topological polar surface area (TPSA) is 87.7 Å². The standard InChI is InChI=1S/C20H18F3N3O4/c1-11-8-9-14(12(2)10-11)26-17(28)19(20(21,22)23,25-18(26)29)24-16(27)13-6-4-5-7-15(13)30-3/h4-10H,1-3H3,(H,24,27)(H,25,29)/t19-/m0/s1. The second kappa shape index (κ2) is 7.36. The molecule has 0 radical (unpaired) electrons. The van der Waals surface area contributed by atoms with Crippen molar-refractivity contribution in [2.45, 2.75) is 25.7 Å². The summed E-state index contributed by atoms with van der Waals surface area (Å²) in [7, 11) is 1.25. The number of ether oxygens (including phenoxy) is 1. The fourth-order valence-corrected chi connectivity index (χ4v) is 3.22. The predicted octanol–water partition coefficient (Wildman–Crippen LogP) is 3.06. The van der Waals surface area contributed by atoms with E-state index in [9.17, 15) is 27.6 Å². The maximum atomic E-state index is 14.0. The molecule has 1 atom stereocenters. The number of hydrogen-bond donors (Lipinski definition) is 2. The number of hydrogen-bond acceptors (Lipinski definition) is 4. The molecule has 10 heteroatoms. The zero-order chi connectivity index (χ0) is 22.3. The van der Waals surface area contributed by atoms with Gasteiger partial charge < -0.3 is 10.1 Å². The second-order valence-corrected chi connectivity index (χ2v) is 6.76. The van der Waals surface area contributed by atoms with Crippen LogP contribution in [0.25, 0.3) is 0 Å². The Balaban J connectivity index is 2.05. The van der Waals surface area contributed by atoms with Crippen LogP contribution >= 0.6 is 0 Å². The van der Waals surface area contributed by atoms with Gasteiger partial charge in [0.1, 0.15) is 5.75 Å². The van der Waals surface area contributed by atoms with Crippen LogP contribution in [0.1, 0.15) is 21.5 Å². The zero-order valence-corrected chi connectivity index (χ0v) is 16.3. The van der Waals surface area contributed by atoms with Crippen LogP contribution in [0.15, 0.2) is 42.5 Å². The number of urea groups is 1. The molecule has 0 spiro atoms. The summed E-state index contributed by atoms with van der Waals surface area (Å²) in [5.41, 5.74) is -2.64. The van der Waals surface area contributed by atoms with E-state index < -0.39 is 29.7 Å². The van der Waals surface area contributed by atoms with Crippen LogP contribution in [-0.4, -0.2) is 36.8 Å². The maximum Gasteiger partial charge on any atom is 0.440 e. The number of halogens is 3. The van der Waals surface area contributed by atoms with Crippen LogP contribution in [0, 0.1) is 13.8 Å². The number of para-hydroxylation sites is 1. The average molecular weight is 421 g/mol. The molecule has 1 saturated heterocycles. The number of nitrogens with zero attached hydrogens (tertiary/aromatic N) is 1. The van der Waals surface area contributed by atoms with E-state index in [0.717, 1.165) is 5.56 Å². The maximum absolute atomic E-state index is 14.0. The van der Waals surface area contributed by atoms with E-state index in [4.69, 9.17) is 4.74 Å². The van der Waals surface area contributed by atoms with Gasteiger partial charge in [-0.1, -0.05) is 29.8 Å². The molecule has 0 saturated carbocycles. The summed E-state index contributed by atoms with van der Waals surface area (Å²) in [5.74, 6) is -2.88. The summed E-state index contributed by atoms with van der Waals surface area (Å²) in [6, 6.07) is 8.82. The predicted molar refractivity (Wildman–Crippen MR) is 101 cm³/mol. The molecule has 1 aliphatic heterocycles. The number of nitrogens with one attached hydrogen (secondary N) is 2. The van der Waals surface area contributed by atoms with Crippen LogP contribution in [0.2, 0.25) is 0 Å². The molecule has 0 aromatic heterocycles. The highest BCUT2D eigenvalue weighted by molar-refractivity contribution is 6.25. The lowest BCUT2D eigenvalue weighted by Crippen LogP contribution is -2.69. The van der Waals surface area contributed by atoms with Gasteiger partial charge in [0, 0.05) is 0 Å². The van der Waals surface area contributed by atoms with Gasteiger partial charge in [-0.2, -0.15) is 13.2 Å². The third-order valence-corrected chi connectivity index (χ3v) is 4.69. The zero-order valence-electron chi connectivity index (χ0n) is 16.3. The van der Waals surface area contributed by atoms with Crippen LogP contribution in [0.4, 0.5) is 23.7 Å². The molecule has 2 aromatic rings. The van der Waals surface area contributed by atoms with Crippen LogP contribution in [-0.2, 0) is 4.79 Å². The minimum absolute atomic E-state index is 0.00957. The first-order valence-electron chi connectivity index (χ1n) is 8.78. The van der Waals surface area contributed by atoms with E-state index in [-0.39, 0.29) is 17.0 Å². The van der Waals surface area contributed by atoms with Crippen molar-refractivity contribution in [2.24, 2.45) is 0 Å². The SMILES string of the molecule is COc1ccccc1C(=O)N[C@]1(C(F)(F)F)NC(=O)N(c2ccc(C)cc2C)C1=O. The molecule has 2 N–H and O–H groups in total. The number of carbonyl (C=O) groups is 3. The number of alkyl halides is 3. The van der Waals surface area contributed by atoms with E-state index in [1.165, 1.54) is 37.4 Å². The summed E-state index contributed by atoms with van der Waals surface area (Å²) in [6.07, 6.45) is -5.31. The normalized spacial score (nSPS) is 18.9. The fraction of sp³-hybridized carbons (Fsp3) is 0.250. The number of benzene rings is 2. The summed E-state index contributed by atoms with van der Waals surface area (Å²) >= 11 is 0. The van der Waals surface area contributed by atoms with Crippen molar-refractivity contribution < 1.29 is 32.3 Å². The van der Waals surface area contributed by atoms with Crippen molar-refractivity contribution in [2.75, 3.05) is 12.0 Å². The number of carbonyl (C=O) groups excluding carboxylic acids is 3. The number of amides is 4. The Labute approximate surface area is 169 Å². The van der Waals surface area contributed by atoms with Gasteiger partial charge in [-0.3, -0.25) is 14.9 Å². The lowest BCUT2D eigenvalue weighted by atomic mass is 10.1. The lowest BCUT2D eigenvalue weighted by molar-refractivity contribution is -0.197. The van der Waals surface area contributed by atoms with Crippen LogP contribution in [0.5, 0.6) is 5.75 Å². The van der Waals surface area contributed by atoms with Crippen molar-refractivity contribution >= 4 is 23.5 Å². The smallest absolute Gasteiger partial charge is 0.440 e. The molecule has 3 rings (SSSR count). The van der Waals surface area contributed by atoms with Crippen molar-refractivity contribution in [1.29, 1.82) is 0 Å². The Morgan fingerprint density at radius 1 is 1.13 bits per heavy atom. The van der Waals surface area contributed by atoms with Crippen molar-refractivity contribution in [1.82, 2.24) is 10.6 Å². The molecule has 2 aromatic carbocycles. The minimum Gasteiger partial charge on any atom is -0.496 e. The van der Waals surface area contributed by atoms with Gasteiger partial charge in [-0.15, -0.1) is 0 Å². The molecule has 158 valence electrons. The Morgan fingerprint density at radius 3 is 2.40 bits per heavy atom. The average Bonchev–Trinajstić information content (AvgIpc) is 2.92. The summed E-state index contributed by atoms with van der Waals surface area (Å²) in [5, 5.41) is 3.29. The number of aryl methyl sites for hydroxylation is 2. The van der Waals surface area contributed by atoms with Crippen LogP contribution < -0.4 is 20.3 Å². The Hall–Kier alpha value is -3.56. The highest BCUT2D eigenvalue weighted by Gasteiger charge is 2.69. The monoisotopic (exact) mass is 421 g/mol.